The Morgan fingerprint density at radius 3 is 2.41 bits per heavy atom. The van der Waals surface area contributed by atoms with E-state index in [1.807, 2.05) is 0 Å². The highest BCUT2D eigenvalue weighted by molar-refractivity contribution is 5.80. The van der Waals surface area contributed by atoms with Crippen LogP contribution in [-0.4, -0.2) is 27.3 Å². The Kier molecular flexibility index (Phi) is 3.38. The first kappa shape index (κ1) is 13.0. The van der Waals surface area contributed by atoms with Crippen molar-refractivity contribution >= 4 is 11.9 Å². The van der Waals surface area contributed by atoms with Crippen LogP contribution in [0.25, 0.3) is 0 Å². The van der Waals surface area contributed by atoms with Gasteiger partial charge < -0.3 is 21.1 Å². The average Bonchev–Trinajstić information content (AvgIpc) is 2.20. The van der Waals surface area contributed by atoms with Gasteiger partial charge >= 0.3 is 11.9 Å². The molecule has 0 aliphatic heterocycles. The van der Waals surface area contributed by atoms with Crippen molar-refractivity contribution in [1.82, 2.24) is 0 Å². The van der Waals surface area contributed by atoms with Crippen LogP contribution < -0.4 is 5.73 Å². The largest absolute Gasteiger partial charge is 0.508 e. The predicted molar refractivity (Wildman–Crippen MR) is 58.6 cm³/mol. The number of phenolic OH excluding ortho intramolecular Hbond substituents is 1. The van der Waals surface area contributed by atoms with Gasteiger partial charge in [0, 0.05) is 5.56 Å². The molecule has 1 aromatic rings. The van der Waals surface area contributed by atoms with Crippen molar-refractivity contribution in [3.05, 3.63) is 29.3 Å². The number of carboxylic acids is 2. The molecule has 92 valence electrons. The molecule has 6 heteroatoms. The molecule has 17 heavy (non-hydrogen) atoms. The van der Waals surface area contributed by atoms with Gasteiger partial charge in [-0.2, -0.15) is 0 Å². The third-order valence-corrected chi connectivity index (χ3v) is 2.47. The molecule has 0 aromatic heterocycles. The third-order valence-electron chi connectivity index (χ3n) is 2.47. The molecule has 0 spiro atoms. The van der Waals surface area contributed by atoms with Crippen LogP contribution in [0.3, 0.4) is 0 Å². The first-order chi connectivity index (χ1) is 7.75. The van der Waals surface area contributed by atoms with Gasteiger partial charge in [-0.05, 0) is 24.6 Å². The minimum absolute atomic E-state index is 0.132. The average molecular weight is 239 g/mol. The number of carbonyl (C=O) groups is 2. The summed E-state index contributed by atoms with van der Waals surface area (Å²) in [5, 5.41) is 27.0. The third kappa shape index (κ3) is 2.73. The minimum atomic E-state index is -1.62. The number of carboxylic acid groups (broad SMARTS) is 2. The second-order valence-electron chi connectivity index (χ2n) is 3.92. The maximum absolute atomic E-state index is 10.9. The summed E-state index contributed by atoms with van der Waals surface area (Å²) in [5.74, 6) is -2.55. The van der Waals surface area contributed by atoms with Crippen LogP contribution in [0.4, 0.5) is 0 Å². The predicted octanol–water partition coefficient (Wildman–Crippen LogP) is 0.278. The molecule has 0 unspecified atom stereocenters. The van der Waals surface area contributed by atoms with E-state index in [0.29, 0.717) is 0 Å². The van der Waals surface area contributed by atoms with Gasteiger partial charge in [-0.15, -0.1) is 0 Å². The van der Waals surface area contributed by atoms with E-state index in [-0.39, 0.29) is 16.9 Å². The summed E-state index contributed by atoms with van der Waals surface area (Å²) in [7, 11) is 0. The van der Waals surface area contributed by atoms with Crippen molar-refractivity contribution in [2.75, 3.05) is 0 Å². The summed E-state index contributed by atoms with van der Waals surface area (Å²) in [4.78, 5) is 21.5. The van der Waals surface area contributed by atoms with E-state index in [0.717, 1.165) is 0 Å². The lowest BCUT2D eigenvalue weighted by Crippen LogP contribution is -2.41. The van der Waals surface area contributed by atoms with Crippen molar-refractivity contribution in [1.29, 1.82) is 0 Å². The molecule has 0 bridgehead atoms. The fraction of sp³-hybridized carbons (Fsp3) is 0.273. The van der Waals surface area contributed by atoms with Gasteiger partial charge in [0.25, 0.3) is 0 Å². The molecule has 0 aliphatic rings. The van der Waals surface area contributed by atoms with Crippen LogP contribution in [-0.2, 0) is 21.5 Å². The lowest BCUT2D eigenvalue weighted by atomic mass is 9.91. The number of aromatic hydroxyl groups is 1. The molecule has 0 heterocycles. The molecule has 6 nitrogen and oxygen atoms in total. The van der Waals surface area contributed by atoms with Gasteiger partial charge in [-0.1, -0.05) is 6.07 Å². The van der Waals surface area contributed by atoms with Crippen LogP contribution in [0.5, 0.6) is 5.75 Å². The number of benzene rings is 1. The Labute approximate surface area is 97.3 Å². The lowest BCUT2D eigenvalue weighted by molar-refractivity contribution is -0.143. The SMILES string of the molecule is C[C@@](N)(C(=O)O)c1ccc(O)c(CC(=O)O)c1. The molecule has 1 rings (SSSR count). The van der Waals surface area contributed by atoms with Crippen LogP contribution in [0.15, 0.2) is 18.2 Å². The van der Waals surface area contributed by atoms with E-state index < -0.39 is 23.9 Å². The van der Waals surface area contributed by atoms with E-state index in [1.165, 1.54) is 25.1 Å². The standard InChI is InChI=1S/C11H13NO5/c1-11(12,10(16)17)7-2-3-8(13)6(4-7)5-9(14)15/h2-4,13H,5,12H2,1H3,(H,14,15)(H,16,17)/t11-/m0/s1. The first-order valence-electron chi connectivity index (χ1n) is 4.81. The van der Waals surface area contributed by atoms with Crippen molar-refractivity contribution in [3.8, 4) is 5.75 Å². The molecule has 0 fully saturated rings. The summed E-state index contributed by atoms with van der Waals surface area (Å²) in [6.07, 6.45) is -0.393. The van der Waals surface area contributed by atoms with E-state index in [2.05, 4.69) is 0 Å². The summed E-state index contributed by atoms with van der Waals surface area (Å²) < 4.78 is 0. The zero-order valence-electron chi connectivity index (χ0n) is 9.17. The fourth-order valence-corrected chi connectivity index (χ4v) is 1.34. The van der Waals surface area contributed by atoms with E-state index in [4.69, 9.17) is 15.9 Å². The molecular formula is C11H13NO5. The van der Waals surface area contributed by atoms with Crippen molar-refractivity contribution in [2.45, 2.75) is 18.9 Å². The van der Waals surface area contributed by atoms with Crippen LogP contribution in [0, 0.1) is 0 Å². The van der Waals surface area contributed by atoms with Crippen LogP contribution in [0.1, 0.15) is 18.1 Å². The molecule has 0 saturated carbocycles. The van der Waals surface area contributed by atoms with Crippen molar-refractivity contribution in [3.63, 3.8) is 0 Å². The smallest absolute Gasteiger partial charge is 0.328 e. The Morgan fingerprint density at radius 1 is 1.35 bits per heavy atom. The van der Waals surface area contributed by atoms with Gasteiger partial charge in [0.2, 0.25) is 0 Å². The monoisotopic (exact) mass is 239 g/mol. The molecule has 5 N–H and O–H groups in total. The van der Waals surface area contributed by atoms with Gasteiger partial charge in [-0.25, -0.2) is 4.79 Å². The zero-order valence-corrected chi connectivity index (χ0v) is 9.17. The summed E-state index contributed by atoms with van der Waals surface area (Å²) in [6, 6.07) is 3.88. The fourth-order valence-electron chi connectivity index (χ4n) is 1.34. The Bertz CT molecular complexity index is 467. The number of phenols is 1. The molecule has 0 aliphatic carbocycles. The van der Waals surface area contributed by atoms with E-state index >= 15 is 0 Å². The Morgan fingerprint density at radius 2 is 1.94 bits per heavy atom. The maximum atomic E-state index is 10.9. The van der Waals surface area contributed by atoms with Gasteiger partial charge in [0.1, 0.15) is 11.3 Å². The summed E-state index contributed by atoms with van der Waals surface area (Å²) in [5.41, 5.74) is 4.35. The topological polar surface area (TPSA) is 121 Å². The van der Waals surface area contributed by atoms with Gasteiger partial charge in [0.05, 0.1) is 6.42 Å². The lowest BCUT2D eigenvalue weighted by Gasteiger charge is -2.20. The van der Waals surface area contributed by atoms with Crippen LogP contribution in [0.2, 0.25) is 0 Å². The normalized spacial score (nSPS) is 14.0. The number of rotatable bonds is 4. The first-order valence-corrected chi connectivity index (χ1v) is 4.81. The zero-order chi connectivity index (χ0) is 13.2. The quantitative estimate of drug-likeness (QED) is 0.598. The molecule has 0 amide bonds. The van der Waals surface area contributed by atoms with Crippen LogP contribution >= 0.6 is 0 Å². The van der Waals surface area contributed by atoms with Gasteiger partial charge in [-0.3, -0.25) is 4.79 Å². The second-order valence-corrected chi connectivity index (χ2v) is 3.92. The van der Waals surface area contributed by atoms with Crippen molar-refractivity contribution in [2.24, 2.45) is 5.73 Å². The number of hydrogen-bond acceptors (Lipinski definition) is 4. The Balaban J connectivity index is 3.21. The van der Waals surface area contributed by atoms with Crippen molar-refractivity contribution < 1.29 is 24.9 Å². The second kappa shape index (κ2) is 4.42. The molecule has 0 radical (unpaired) electrons. The van der Waals surface area contributed by atoms with Gasteiger partial charge in [0.15, 0.2) is 0 Å². The number of hydrogen-bond donors (Lipinski definition) is 4. The molecule has 1 aromatic carbocycles. The summed E-state index contributed by atoms with van der Waals surface area (Å²) in [6.45, 7) is 1.30. The summed E-state index contributed by atoms with van der Waals surface area (Å²) >= 11 is 0. The Hall–Kier alpha value is -2.08. The highest BCUT2D eigenvalue weighted by atomic mass is 16.4. The molecular weight excluding hydrogens is 226 g/mol. The maximum Gasteiger partial charge on any atom is 0.328 e. The highest BCUT2D eigenvalue weighted by Gasteiger charge is 2.30. The number of aliphatic carboxylic acids is 2. The number of nitrogens with two attached hydrogens (primary N) is 1. The van der Waals surface area contributed by atoms with E-state index in [9.17, 15) is 14.7 Å². The molecule has 0 saturated heterocycles. The minimum Gasteiger partial charge on any atom is -0.508 e. The van der Waals surface area contributed by atoms with E-state index in [1.54, 1.807) is 0 Å². The molecule has 1 atom stereocenters. The highest BCUT2D eigenvalue weighted by Crippen LogP contribution is 2.25.